The number of benzene rings is 3. The van der Waals surface area contributed by atoms with Gasteiger partial charge in [-0.15, -0.1) is 0 Å². The summed E-state index contributed by atoms with van der Waals surface area (Å²) in [5.74, 6) is -5.95. The number of carbonyl (C=O) groups excluding carboxylic acids is 4. The Bertz CT molecular complexity index is 1810. The van der Waals surface area contributed by atoms with Gasteiger partial charge in [-0.05, 0) is 69.0 Å². The van der Waals surface area contributed by atoms with E-state index in [-0.39, 0.29) is 46.9 Å². The molecule has 2 aliphatic heterocycles. The first-order valence-corrected chi connectivity index (χ1v) is 15.4. The first kappa shape index (κ1) is 29.2. The van der Waals surface area contributed by atoms with Crippen LogP contribution in [0.4, 0.5) is 15.8 Å². The van der Waals surface area contributed by atoms with Gasteiger partial charge in [0, 0.05) is 11.5 Å². The molecule has 0 spiro atoms. The molecule has 2 aliphatic carbocycles. The van der Waals surface area contributed by atoms with E-state index in [0.717, 1.165) is 16.5 Å². The molecule has 8 nitrogen and oxygen atoms in total. The van der Waals surface area contributed by atoms with Crippen LogP contribution in [0.15, 0.2) is 78.4 Å². The minimum atomic E-state index is -1.39. The van der Waals surface area contributed by atoms with Crippen molar-refractivity contribution in [3.05, 3.63) is 94.8 Å². The summed E-state index contributed by atoms with van der Waals surface area (Å²) >= 11 is 6.07. The van der Waals surface area contributed by atoms with Crippen molar-refractivity contribution in [1.29, 1.82) is 0 Å². The second-order valence-electron chi connectivity index (χ2n) is 12.2. The van der Waals surface area contributed by atoms with E-state index < -0.39 is 52.6 Å². The van der Waals surface area contributed by atoms with Crippen molar-refractivity contribution >= 4 is 46.6 Å². The molecule has 3 aromatic carbocycles. The van der Waals surface area contributed by atoms with E-state index in [1.807, 2.05) is 6.08 Å². The molecular weight excluding hydrogens is 599 g/mol. The molecule has 45 heavy (non-hydrogen) atoms. The molecule has 1 saturated carbocycles. The van der Waals surface area contributed by atoms with Gasteiger partial charge in [-0.1, -0.05) is 53.6 Å². The predicted molar refractivity (Wildman–Crippen MR) is 164 cm³/mol. The zero-order valence-electron chi connectivity index (χ0n) is 24.6. The number of rotatable bonds is 5. The number of para-hydroxylation sites is 2. The van der Waals surface area contributed by atoms with E-state index in [1.165, 1.54) is 17.0 Å². The molecule has 7 rings (SSSR count). The van der Waals surface area contributed by atoms with Crippen LogP contribution < -0.4 is 14.5 Å². The molecule has 0 unspecified atom stereocenters. The fourth-order valence-electron chi connectivity index (χ4n) is 8.11. The summed E-state index contributed by atoms with van der Waals surface area (Å²) in [6.45, 7) is 3.79. The average Bonchev–Trinajstić information content (AvgIpc) is 3.40. The van der Waals surface area contributed by atoms with Gasteiger partial charge in [-0.2, -0.15) is 0 Å². The summed E-state index contributed by atoms with van der Waals surface area (Å²) in [4.78, 5) is 58.9. The smallest absolute Gasteiger partial charge is 0.241 e. The Morgan fingerprint density at radius 3 is 2.40 bits per heavy atom. The van der Waals surface area contributed by atoms with E-state index >= 15 is 0 Å². The van der Waals surface area contributed by atoms with Crippen LogP contribution in [0, 0.1) is 34.9 Å². The number of carbonyl (C=O) groups is 4. The number of halogens is 2. The van der Waals surface area contributed by atoms with Gasteiger partial charge in [-0.3, -0.25) is 24.1 Å². The Morgan fingerprint density at radius 2 is 1.69 bits per heavy atom. The number of phenolic OH excluding ortho intramolecular Hbond substituents is 1. The van der Waals surface area contributed by atoms with E-state index in [2.05, 4.69) is 0 Å². The van der Waals surface area contributed by atoms with Gasteiger partial charge >= 0.3 is 0 Å². The van der Waals surface area contributed by atoms with Crippen molar-refractivity contribution in [2.45, 2.75) is 32.6 Å². The highest BCUT2D eigenvalue weighted by Crippen LogP contribution is 2.65. The van der Waals surface area contributed by atoms with Crippen molar-refractivity contribution in [2.75, 3.05) is 16.4 Å². The van der Waals surface area contributed by atoms with Crippen LogP contribution >= 0.6 is 11.6 Å². The fourth-order valence-corrected chi connectivity index (χ4v) is 8.28. The summed E-state index contributed by atoms with van der Waals surface area (Å²) < 4.78 is 19.8. The molecule has 2 heterocycles. The van der Waals surface area contributed by atoms with Crippen molar-refractivity contribution in [1.82, 2.24) is 0 Å². The lowest BCUT2D eigenvalue weighted by Crippen LogP contribution is -2.48. The summed E-state index contributed by atoms with van der Waals surface area (Å²) in [5.41, 5.74) is 0.347. The summed E-state index contributed by atoms with van der Waals surface area (Å²) in [6, 6.07) is 17.5. The van der Waals surface area contributed by atoms with Crippen LogP contribution in [0.5, 0.6) is 11.5 Å². The van der Waals surface area contributed by atoms with Crippen LogP contribution in [-0.4, -0.2) is 35.3 Å². The van der Waals surface area contributed by atoms with Gasteiger partial charge < -0.3 is 9.84 Å². The lowest BCUT2D eigenvalue weighted by Gasteiger charge is -2.49. The maximum absolute atomic E-state index is 14.5. The predicted octanol–water partition coefficient (Wildman–Crippen LogP) is 6.02. The topological polar surface area (TPSA) is 104 Å². The second-order valence-corrected chi connectivity index (χ2v) is 12.6. The third kappa shape index (κ3) is 4.09. The molecule has 0 radical (unpaired) electrons. The number of aromatic hydroxyl groups is 1. The summed E-state index contributed by atoms with van der Waals surface area (Å²) in [7, 11) is 0. The average molecular weight is 629 g/mol. The van der Waals surface area contributed by atoms with Crippen molar-refractivity contribution in [3.63, 3.8) is 0 Å². The molecule has 230 valence electrons. The molecule has 4 aliphatic rings. The number of imide groups is 2. The lowest BCUT2D eigenvalue weighted by molar-refractivity contribution is -0.131. The van der Waals surface area contributed by atoms with E-state index in [4.69, 9.17) is 16.3 Å². The maximum atomic E-state index is 14.5. The molecule has 1 N–H and O–H groups in total. The zero-order chi connectivity index (χ0) is 31.8. The normalized spacial score (nSPS) is 29.0. The minimum Gasteiger partial charge on any atom is -0.504 e. The monoisotopic (exact) mass is 628 g/mol. The molecule has 2 saturated heterocycles. The zero-order valence-corrected chi connectivity index (χ0v) is 25.3. The van der Waals surface area contributed by atoms with Gasteiger partial charge in [0.15, 0.2) is 11.5 Å². The standard InChI is InChI=1S/C35H30ClFN2O6/c1-3-45-27-11-7-10-22(30(27)40)29-20-13-14-21-28(33(43)38(31(21)41)18-8-5-4-6-9-18)23(20)17-24-32(42)39(34(44)35(24,29)2)19-12-15-26(37)25(36)16-19/h4-13,15-16,21,23-24,28-29,40H,3,14,17H2,1-2H3/t21-,23+,24-,28-,29+,35+/m0/s1. The highest BCUT2D eigenvalue weighted by molar-refractivity contribution is 6.32. The number of hydrogen-bond donors (Lipinski definition) is 1. The van der Waals surface area contributed by atoms with Gasteiger partial charge in [0.25, 0.3) is 0 Å². The van der Waals surface area contributed by atoms with E-state index in [0.29, 0.717) is 17.9 Å². The highest BCUT2D eigenvalue weighted by Gasteiger charge is 2.68. The van der Waals surface area contributed by atoms with Gasteiger partial charge in [0.1, 0.15) is 5.82 Å². The molecule has 4 amide bonds. The third-order valence-electron chi connectivity index (χ3n) is 10.1. The Hall–Kier alpha value is -4.50. The Labute approximate surface area is 264 Å². The van der Waals surface area contributed by atoms with Crippen molar-refractivity contribution in [3.8, 4) is 11.5 Å². The first-order chi connectivity index (χ1) is 21.6. The van der Waals surface area contributed by atoms with Crippen LogP contribution in [0.2, 0.25) is 5.02 Å². The Kier molecular flexibility index (Phi) is 6.85. The number of nitrogens with zero attached hydrogens (tertiary/aromatic N) is 2. The number of ether oxygens (including phenoxy) is 1. The Morgan fingerprint density at radius 1 is 0.933 bits per heavy atom. The van der Waals surface area contributed by atoms with Crippen molar-refractivity contribution < 1.29 is 33.4 Å². The minimum absolute atomic E-state index is 0.135. The van der Waals surface area contributed by atoms with Crippen molar-refractivity contribution in [2.24, 2.45) is 29.1 Å². The summed E-state index contributed by atoms with van der Waals surface area (Å²) in [5, 5.41) is 11.3. The van der Waals surface area contributed by atoms with Crippen LogP contribution in [0.1, 0.15) is 38.2 Å². The van der Waals surface area contributed by atoms with E-state index in [1.54, 1.807) is 62.4 Å². The largest absolute Gasteiger partial charge is 0.504 e. The fraction of sp³-hybridized carbons (Fsp3) is 0.314. The van der Waals surface area contributed by atoms with Crippen LogP contribution in [0.3, 0.4) is 0 Å². The summed E-state index contributed by atoms with van der Waals surface area (Å²) in [6.07, 6.45) is 2.33. The second kappa shape index (κ2) is 10.5. The SMILES string of the molecule is CCOc1cccc([C@H]2C3=CC[C@@H]4C(=O)N(c5ccccc5)C(=O)[C@@H]4[C@@H]3C[C@H]3C(=O)N(c4ccc(F)c(Cl)c4)C(=O)[C@@]23C)c1O. The lowest BCUT2D eigenvalue weighted by atomic mass is 9.51. The quantitative estimate of drug-likeness (QED) is 0.274. The number of amides is 4. The molecule has 3 aromatic rings. The number of hydrogen-bond acceptors (Lipinski definition) is 6. The molecule has 0 bridgehead atoms. The number of anilines is 2. The third-order valence-corrected chi connectivity index (χ3v) is 10.4. The number of allylic oxidation sites excluding steroid dienone is 2. The number of phenols is 1. The number of fused-ring (bicyclic) bond motifs is 4. The van der Waals surface area contributed by atoms with E-state index in [9.17, 15) is 28.7 Å². The van der Waals surface area contributed by atoms with Gasteiger partial charge in [-0.25, -0.2) is 9.29 Å². The van der Waals surface area contributed by atoms with Gasteiger partial charge in [0.2, 0.25) is 23.6 Å². The first-order valence-electron chi connectivity index (χ1n) is 15.0. The van der Waals surface area contributed by atoms with Crippen LogP contribution in [0.25, 0.3) is 0 Å². The molecule has 0 aromatic heterocycles. The highest BCUT2D eigenvalue weighted by atomic mass is 35.5. The van der Waals surface area contributed by atoms with Gasteiger partial charge in [0.05, 0.1) is 46.2 Å². The Balaban J connectivity index is 1.39. The maximum Gasteiger partial charge on any atom is 0.241 e. The molecular formula is C35H30ClFN2O6. The molecule has 3 fully saturated rings. The molecule has 6 atom stereocenters. The molecule has 10 heteroatoms. The van der Waals surface area contributed by atoms with Crippen LogP contribution in [-0.2, 0) is 19.2 Å².